The number of amides is 2. The summed E-state index contributed by atoms with van der Waals surface area (Å²) in [6, 6.07) is 7.66. The second-order valence-corrected chi connectivity index (χ2v) is 5.21. The second kappa shape index (κ2) is 6.07. The number of carboxylic acids is 1. The number of hydrogen-bond acceptors (Lipinski definition) is 4. The number of aromatic carboxylic acids is 1. The SMILES string of the molecule is O=C(O)c1ccn(CC(=CF)CN2C(=O)c3ccccc3C2=O)n1. The van der Waals surface area contributed by atoms with Gasteiger partial charge in [-0.3, -0.25) is 19.2 Å². The third-order valence-electron chi connectivity index (χ3n) is 3.62. The number of halogens is 1. The summed E-state index contributed by atoms with van der Waals surface area (Å²) in [5.74, 6) is -2.16. The van der Waals surface area contributed by atoms with E-state index in [9.17, 15) is 18.8 Å². The fourth-order valence-corrected chi connectivity index (χ4v) is 2.48. The van der Waals surface area contributed by atoms with Crippen LogP contribution in [-0.2, 0) is 6.54 Å². The van der Waals surface area contributed by atoms with Gasteiger partial charge in [0.25, 0.3) is 11.8 Å². The summed E-state index contributed by atoms with van der Waals surface area (Å²) in [6.45, 7) is -0.303. The molecule has 0 saturated heterocycles. The summed E-state index contributed by atoms with van der Waals surface area (Å²) in [5.41, 5.74) is 0.513. The van der Waals surface area contributed by atoms with E-state index in [4.69, 9.17) is 5.11 Å². The number of carbonyl (C=O) groups excluding carboxylic acids is 2. The van der Waals surface area contributed by atoms with E-state index in [1.54, 1.807) is 24.3 Å². The molecule has 0 fully saturated rings. The van der Waals surface area contributed by atoms with E-state index in [0.717, 1.165) is 4.90 Å². The van der Waals surface area contributed by atoms with E-state index in [-0.39, 0.29) is 35.5 Å². The molecule has 2 aromatic rings. The van der Waals surface area contributed by atoms with Crippen LogP contribution < -0.4 is 0 Å². The number of rotatable bonds is 5. The molecule has 0 saturated carbocycles. The first-order valence-corrected chi connectivity index (χ1v) is 7.01. The van der Waals surface area contributed by atoms with Crippen molar-refractivity contribution < 1.29 is 23.9 Å². The van der Waals surface area contributed by atoms with Crippen LogP contribution in [0.4, 0.5) is 4.39 Å². The highest BCUT2D eigenvalue weighted by molar-refractivity contribution is 6.21. The minimum atomic E-state index is -1.19. The van der Waals surface area contributed by atoms with E-state index in [0.29, 0.717) is 6.33 Å². The second-order valence-electron chi connectivity index (χ2n) is 5.21. The summed E-state index contributed by atoms with van der Waals surface area (Å²) in [6.07, 6.45) is 1.68. The third kappa shape index (κ3) is 2.69. The standard InChI is InChI=1S/C16H12FN3O4/c17-7-10(8-19-6-5-13(18-19)16(23)24)9-20-14(21)11-3-1-2-4-12(11)15(20)22/h1-7H,8-9H2,(H,23,24). The van der Waals surface area contributed by atoms with Gasteiger partial charge in [-0.1, -0.05) is 12.1 Å². The molecule has 3 rings (SSSR count). The molecule has 1 N–H and O–H groups in total. The predicted molar refractivity (Wildman–Crippen MR) is 80.2 cm³/mol. The number of carboxylic acid groups (broad SMARTS) is 1. The van der Waals surface area contributed by atoms with Crippen molar-refractivity contribution in [3.05, 3.63) is 65.3 Å². The van der Waals surface area contributed by atoms with Crippen LogP contribution in [-0.4, -0.2) is 44.1 Å². The van der Waals surface area contributed by atoms with Gasteiger partial charge in [-0.25, -0.2) is 9.18 Å². The highest BCUT2D eigenvalue weighted by Crippen LogP contribution is 2.23. The monoisotopic (exact) mass is 329 g/mol. The van der Waals surface area contributed by atoms with Crippen LogP contribution in [0.2, 0.25) is 0 Å². The quantitative estimate of drug-likeness (QED) is 0.843. The van der Waals surface area contributed by atoms with E-state index in [1.807, 2.05) is 0 Å². The predicted octanol–water partition coefficient (Wildman–Crippen LogP) is 1.73. The molecule has 1 aliphatic heterocycles. The van der Waals surface area contributed by atoms with Crippen LogP contribution in [0.1, 0.15) is 31.2 Å². The molecular weight excluding hydrogens is 317 g/mol. The van der Waals surface area contributed by atoms with Gasteiger partial charge in [0.2, 0.25) is 0 Å². The topological polar surface area (TPSA) is 92.5 Å². The number of hydrogen-bond donors (Lipinski definition) is 1. The number of nitrogens with zero attached hydrogens (tertiary/aromatic N) is 3. The molecule has 0 bridgehead atoms. The number of imide groups is 1. The Balaban J connectivity index is 1.76. The Morgan fingerprint density at radius 1 is 1.12 bits per heavy atom. The maximum absolute atomic E-state index is 13.2. The molecule has 0 atom stereocenters. The van der Waals surface area contributed by atoms with Crippen LogP contribution in [0, 0.1) is 0 Å². The van der Waals surface area contributed by atoms with Crippen LogP contribution >= 0.6 is 0 Å². The maximum atomic E-state index is 13.2. The zero-order valence-electron chi connectivity index (χ0n) is 12.3. The molecule has 1 aromatic carbocycles. The smallest absolute Gasteiger partial charge is 0.356 e. The summed E-state index contributed by atoms with van der Waals surface area (Å²) < 4.78 is 14.4. The lowest BCUT2D eigenvalue weighted by atomic mass is 10.1. The van der Waals surface area contributed by atoms with Gasteiger partial charge in [0, 0.05) is 6.20 Å². The lowest BCUT2D eigenvalue weighted by Gasteiger charge is -2.15. The summed E-state index contributed by atoms with van der Waals surface area (Å²) in [4.78, 5) is 36.3. The molecule has 0 radical (unpaired) electrons. The van der Waals surface area contributed by atoms with Gasteiger partial charge in [0.05, 0.1) is 30.5 Å². The molecule has 8 heteroatoms. The summed E-state index contributed by atoms with van der Waals surface area (Å²) in [5, 5.41) is 12.6. The Labute approximate surface area is 135 Å². The molecule has 24 heavy (non-hydrogen) atoms. The fraction of sp³-hybridized carbons (Fsp3) is 0.125. The van der Waals surface area contributed by atoms with Crippen molar-refractivity contribution in [1.29, 1.82) is 0 Å². The molecule has 7 nitrogen and oxygen atoms in total. The summed E-state index contributed by atoms with van der Waals surface area (Å²) >= 11 is 0. The average Bonchev–Trinajstić information content (AvgIpc) is 3.14. The van der Waals surface area contributed by atoms with Crippen LogP contribution in [0.5, 0.6) is 0 Å². The third-order valence-corrected chi connectivity index (χ3v) is 3.62. The average molecular weight is 329 g/mol. The van der Waals surface area contributed by atoms with Gasteiger partial charge in [0.15, 0.2) is 5.69 Å². The van der Waals surface area contributed by atoms with Crippen LogP contribution in [0.15, 0.2) is 48.4 Å². The zero-order chi connectivity index (χ0) is 17.3. The Hall–Kier alpha value is -3.29. The van der Waals surface area contributed by atoms with Gasteiger partial charge >= 0.3 is 5.97 Å². The highest BCUT2D eigenvalue weighted by Gasteiger charge is 2.35. The molecule has 1 aliphatic rings. The van der Waals surface area contributed by atoms with Gasteiger partial charge in [-0.15, -0.1) is 0 Å². The molecule has 2 amide bonds. The fourth-order valence-electron chi connectivity index (χ4n) is 2.48. The maximum Gasteiger partial charge on any atom is 0.356 e. The lowest BCUT2D eigenvalue weighted by molar-refractivity contribution is 0.0662. The van der Waals surface area contributed by atoms with E-state index in [1.165, 1.54) is 16.9 Å². The Bertz CT molecular complexity index is 837. The molecule has 2 heterocycles. The van der Waals surface area contributed by atoms with Crippen LogP contribution in [0.25, 0.3) is 0 Å². The first kappa shape index (κ1) is 15.6. The van der Waals surface area contributed by atoms with E-state index >= 15 is 0 Å². The van der Waals surface area contributed by atoms with Crippen molar-refractivity contribution in [3.63, 3.8) is 0 Å². The summed E-state index contributed by atoms with van der Waals surface area (Å²) in [7, 11) is 0. The van der Waals surface area contributed by atoms with Crippen molar-refractivity contribution in [2.45, 2.75) is 6.54 Å². The van der Waals surface area contributed by atoms with E-state index in [2.05, 4.69) is 5.10 Å². The van der Waals surface area contributed by atoms with Gasteiger partial charge in [-0.05, 0) is 23.8 Å². The Morgan fingerprint density at radius 3 is 2.25 bits per heavy atom. The van der Waals surface area contributed by atoms with Gasteiger partial charge in [0.1, 0.15) is 0 Å². The van der Waals surface area contributed by atoms with Crippen molar-refractivity contribution in [3.8, 4) is 0 Å². The number of carbonyl (C=O) groups is 3. The van der Waals surface area contributed by atoms with Crippen molar-refractivity contribution >= 4 is 17.8 Å². The zero-order valence-corrected chi connectivity index (χ0v) is 12.3. The van der Waals surface area contributed by atoms with Crippen molar-refractivity contribution in [1.82, 2.24) is 14.7 Å². The Morgan fingerprint density at radius 2 is 1.75 bits per heavy atom. The molecule has 0 spiro atoms. The number of benzene rings is 1. The minimum Gasteiger partial charge on any atom is -0.476 e. The van der Waals surface area contributed by atoms with Gasteiger partial charge in [-0.2, -0.15) is 5.10 Å². The lowest BCUT2D eigenvalue weighted by Crippen LogP contribution is -2.32. The molecule has 122 valence electrons. The van der Waals surface area contributed by atoms with Crippen molar-refractivity contribution in [2.75, 3.05) is 6.54 Å². The normalized spacial score (nSPS) is 14.2. The van der Waals surface area contributed by atoms with Crippen LogP contribution in [0.3, 0.4) is 0 Å². The van der Waals surface area contributed by atoms with Gasteiger partial charge < -0.3 is 5.11 Å². The van der Waals surface area contributed by atoms with E-state index < -0.39 is 17.8 Å². The molecule has 0 unspecified atom stereocenters. The number of fused-ring (bicyclic) bond motifs is 1. The highest BCUT2D eigenvalue weighted by atomic mass is 19.1. The molecule has 0 aliphatic carbocycles. The number of aromatic nitrogens is 2. The minimum absolute atomic E-state index is 0.0722. The largest absolute Gasteiger partial charge is 0.476 e. The first-order valence-electron chi connectivity index (χ1n) is 7.01. The first-order chi connectivity index (χ1) is 11.5. The molecule has 1 aromatic heterocycles. The van der Waals surface area contributed by atoms with Crippen molar-refractivity contribution in [2.24, 2.45) is 0 Å². The Kier molecular flexibility index (Phi) is 3.95. The molecular formula is C16H12FN3O4.